The summed E-state index contributed by atoms with van der Waals surface area (Å²) in [5.41, 5.74) is 0.528. The van der Waals surface area contributed by atoms with Gasteiger partial charge in [-0.3, -0.25) is 4.79 Å². The molecule has 0 aliphatic carbocycles. The molecule has 1 heterocycles. The number of hydrogen-bond acceptors (Lipinski definition) is 4. The average molecular weight is 270 g/mol. The first-order valence-corrected chi connectivity index (χ1v) is 7.61. The highest BCUT2D eigenvalue weighted by molar-refractivity contribution is 5.75. The Morgan fingerprint density at radius 3 is 2.47 bits per heavy atom. The quantitative estimate of drug-likeness (QED) is 0.719. The zero-order valence-corrected chi connectivity index (χ0v) is 13.0. The van der Waals surface area contributed by atoms with Gasteiger partial charge in [-0.2, -0.15) is 0 Å². The zero-order chi connectivity index (χ0) is 14.3. The van der Waals surface area contributed by atoms with Crippen molar-refractivity contribution in [1.29, 1.82) is 0 Å². The van der Waals surface area contributed by atoms with Crippen LogP contribution in [0.2, 0.25) is 0 Å². The Morgan fingerprint density at radius 1 is 1.37 bits per heavy atom. The van der Waals surface area contributed by atoms with E-state index in [1.807, 2.05) is 14.0 Å². The highest BCUT2D eigenvalue weighted by Crippen LogP contribution is 2.33. The molecule has 1 N–H and O–H groups in total. The average Bonchev–Trinajstić information content (AvgIpc) is 2.42. The second-order valence-corrected chi connectivity index (χ2v) is 5.89. The first-order valence-electron chi connectivity index (χ1n) is 7.61. The van der Waals surface area contributed by atoms with Crippen LogP contribution in [-0.4, -0.2) is 50.2 Å². The maximum absolute atomic E-state index is 11.7. The zero-order valence-electron chi connectivity index (χ0n) is 13.0. The molecule has 19 heavy (non-hydrogen) atoms. The number of carbonyl (C=O) groups is 1. The number of likely N-dealkylation sites (tertiary alicyclic amines) is 1. The monoisotopic (exact) mass is 270 g/mol. The van der Waals surface area contributed by atoms with Gasteiger partial charge in [-0.25, -0.2) is 0 Å². The lowest BCUT2D eigenvalue weighted by molar-refractivity contribution is -0.145. The lowest BCUT2D eigenvalue weighted by Crippen LogP contribution is -2.43. The van der Waals surface area contributed by atoms with Crippen LogP contribution < -0.4 is 5.32 Å². The van der Waals surface area contributed by atoms with Gasteiger partial charge in [0.25, 0.3) is 0 Å². The minimum absolute atomic E-state index is 0.125. The van der Waals surface area contributed by atoms with E-state index in [9.17, 15) is 4.79 Å². The molecule has 4 heteroatoms. The molecule has 1 atom stereocenters. The molecule has 0 radical (unpaired) electrons. The van der Waals surface area contributed by atoms with Gasteiger partial charge in [0.1, 0.15) is 6.04 Å². The lowest BCUT2D eigenvalue weighted by atomic mass is 9.78. The van der Waals surface area contributed by atoms with Gasteiger partial charge in [-0.1, -0.05) is 20.3 Å². The SMILES string of the molecule is CCOC(=O)C(CCN1CCC(C)(CC)CC1)NC. The molecule has 1 saturated heterocycles. The Balaban J connectivity index is 2.31. The molecule has 0 aromatic heterocycles. The molecule has 0 aromatic carbocycles. The van der Waals surface area contributed by atoms with Crippen LogP contribution in [0.15, 0.2) is 0 Å². The van der Waals surface area contributed by atoms with Gasteiger partial charge in [0.15, 0.2) is 0 Å². The Bertz CT molecular complexity index is 273. The Morgan fingerprint density at radius 2 is 2.00 bits per heavy atom. The van der Waals surface area contributed by atoms with Crippen molar-refractivity contribution in [3.8, 4) is 0 Å². The highest BCUT2D eigenvalue weighted by Gasteiger charge is 2.28. The molecule has 1 fully saturated rings. The molecule has 1 unspecified atom stereocenters. The molecule has 1 aliphatic heterocycles. The van der Waals surface area contributed by atoms with Gasteiger partial charge >= 0.3 is 5.97 Å². The molecule has 0 amide bonds. The van der Waals surface area contributed by atoms with E-state index in [-0.39, 0.29) is 12.0 Å². The molecule has 4 nitrogen and oxygen atoms in total. The number of hydrogen-bond donors (Lipinski definition) is 1. The first kappa shape index (κ1) is 16.4. The van der Waals surface area contributed by atoms with Crippen LogP contribution in [0.5, 0.6) is 0 Å². The summed E-state index contributed by atoms with van der Waals surface area (Å²) < 4.78 is 5.07. The van der Waals surface area contributed by atoms with E-state index in [0.717, 1.165) is 26.1 Å². The molecular formula is C15H30N2O2. The number of esters is 1. The predicted octanol–water partition coefficient (Wildman–Crippen LogP) is 2.04. The van der Waals surface area contributed by atoms with E-state index in [1.165, 1.54) is 19.3 Å². The lowest BCUT2D eigenvalue weighted by Gasteiger charge is -2.39. The fourth-order valence-electron chi connectivity index (χ4n) is 2.60. The van der Waals surface area contributed by atoms with Crippen LogP contribution in [0.4, 0.5) is 0 Å². The molecule has 1 aliphatic rings. The summed E-state index contributed by atoms with van der Waals surface area (Å²) in [5, 5.41) is 3.05. The van der Waals surface area contributed by atoms with Gasteiger partial charge in [-0.05, 0) is 51.7 Å². The number of nitrogens with zero attached hydrogens (tertiary/aromatic N) is 1. The first-order chi connectivity index (χ1) is 9.04. The number of likely N-dealkylation sites (N-methyl/N-ethyl adjacent to an activating group) is 1. The normalized spacial score (nSPS) is 21.1. The second kappa shape index (κ2) is 7.85. The Labute approximate surface area is 117 Å². The summed E-state index contributed by atoms with van der Waals surface area (Å²) in [6.45, 7) is 10.3. The molecule has 0 bridgehead atoms. The number of carbonyl (C=O) groups excluding carboxylic acids is 1. The van der Waals surface area contributed by atoms with Crippen LogP contribution in [0, 0.1) is 5.41 Å². The van der Waals surface area contributed by atoms with E-state index in [2.05, 4.69) is 24.1 Å². The molecule has 1 rings (SSSR count). The summed E-state index contributed by atoms with van der Waals surface area (Å²) >= 11 is 0. The van der Waals surface area contributed by atoms with Crippen LogP contribution in [0.25, 0.3) is 0 Å². The molecule has 0 aromatic rings. The second-order valence-electron chi connectivity index (χ2n) is 5.89. The fourth-order valence-corrected chi connectivity index (χ4v) is 2.60. The largest absolute Gasteiger partial charge is 0.465 e. The summed E-state index contributed by atoms with van der Waals surface area (Å²) in [6, 6.07) is -0.167. The third kappa shape index (κ3) is 5.11. The number of ether oxygens (including phenoxy) is 1. The smallest absolute Gasteiger partial charge is 0.323 e. The summed E-state index contributed by atoms with van der Waals surface area (Å²) in [7, 11) is 1.83. The van der Waals surface area contributed by atoms with Crippen LogP contribution >= 0.6 is 0 Å². The third-order valence-corrected chi connectivity index (χ3v) is 4.57. The van der Waals surface area contributed by atoms with Gasteiger partial charge in [0.2, 0.25) is 0 Å². The van der Waals surface area contributed by atoms with E-state index in [0.29, 0.717) is 12.0 Å². The summed E-state index contributed by atoms with van der Waals surface area (Å²) in [4.78, 5) is 14.2. The van der Waals surface area contributed by atoms with Crippen molar-refractivity contribution in [2.75, 3.05) is 33.3 Å². The number of nitrogens with one attached hydrogen (secondary N) is 1. The van der Waals surface area contributed by atoms with Crippen LogP contribution in [0.1, 0.15) is 46.5 Å². The van der Waals surface area contributed by atoms with E-state index >= 15 is 0 Å². The maximum atomic E-state index is 11.7. The van der Waals surface area contributed by atoms with Crippen molar-refractivity contribution in [2.24, 2.45) is 5.41 Å². The van der Waals surface area contributed by atoms with Crippen molar-refractivity contribution in [2.45, 2.75) is 52.5 Å². The van der Waals surface area contributed by atoms with Crippen molar-refractivity contribution in [1.82, 2.24) is 10.2 Å². The van der Waals surface area contributed by atoms with E-state index in [4.69, 9.17) is 4.74 Å². The van der Waals surface area contributed by atoms with Gasteiger partial charge in [-0.15, -0.1) is 0 Å². The molecule has 0 spiro atoms. The number of rotatable bonds is 7. The van der Waals surface area contributed by atoms with E-state index in [1.54, 1.807) is 0 Å². The molecule has 112 valence electrons. The topological polar surface area (TPSA) is 41.6 Å². The van der Waals surface area contributed by atoms with Crippen molar-refractivity contribution < 1.29 is 9.53 Å². The van der Waals surface area contributed by atoms with Crippen molar-refractivity contribution in [3.05, 3.63) is 0 Å². The van der Waals surface area contributed by atoms with Crippen LogP contribution in [-0.2, 0) is 9.53 Å². The Hall–Kier alpha value is -0.610. The number of piperidine rings is 1. The van der Waals surface area contributed by atoms with Crippen molar-refractivity contribution >= 4 is 5.97 Å². The maximum Gasteiger partial charge on any atom is 0.323 e. The molecule has 0 saturated carbocycles. The summed E-state index contributed by atoms with van der Waals surface area (Å²) in [6.07, 6.45) is 4.64. The fraction of sp³-hybridized carbons (Fsp3) is 0.933. The molecular weight excluding hydrogens is 240 g/mol. The summed E-state index contributed by atoms with van der Waals surface area (Å²) in [5.74, 6) is -0.125. The van der Waals surface area contributed by atoms with Crippen LogP contribution in [0.3, 0.4) is 0 Å². The Kier molecular flexibility index (Phi) is 6.80. The minimum atomic E-state index is -0.167. The van der Waals surface area contributed by atoms with Gasteiger partial charge < -0.3 is 15.0 Å². The van der Waals surface area contributed by atoms with Crippen molar-refractivity contribution in [3.63, 3.8) is 0 Å². The third-order valence-electron chi connectivity index (χ3n) is 4.57. The van der Waals surface area contributed by atoms with Gasteiger partial charge in [0.05, 0.1) is 6.61 Å². The standard InChI is InChI=1S/C15H30N2O2/c1-5-15(3)8-11-17(12-9-15)10-7-13(16-4)14(18)19-6-2/h13,16H,5-12H2,1-4H3. The van der Waals surface area contributed by atoms with E-state index < -0.39 is 0 Å². The van der Waals surface area contributed by atoms with Gasteiger partial charge in [0, 0.05) is 6.54 Å². The highest BCUT2D eigenvalue weighted by atomic mass is 16.5. The predicted molar refractivity (Wildman–Crippen MR) is 78.2 cm³/mol. The minimum Gasteiger partial charge on any atom is -0.465 e.